The Bertz CT molecular complexity index is 1060. The van der Waals surface area contributed by atoms with Gasteiger partial charge in [-0.1, -0.05) is 10.6 Å². The predicted molar refractivity (Wildman–Crippen MR) is 87.6 cm³/mol. The molecule has 0 bridgehead atoms. The molecule has 0 saturated carbocycles. The van der Waals surface area contributed by atoms with Crippen molar-refractivity contribution >= 4 is 39.4 Å². The second-order valence-corrected chi connectivity index (χ2v) is 5.92. The van der Waals surface area contributed by atoms with E-state index in [9.17, 15) is 14.4 Å². The molecule has 0 aliphatic carbocycles. The van der Waals surface area contributed by atoms with Crippen LogP contribution in [0.25, 0.3) is 10.3 Å². The maximum atomic E-state index is 12.2. The number of carbonyl (C=O) groups is 2. The quantitative estimate of drug-likeness (QED) is 0.600. The third-order valence-electron chi connectivity index (χ3n) is 3.48. The molecule has 0 radical (unpaired) electrons. The van der Waals surface area contributed by atoms with Crippen LogP contribution in [0.15, 0.2) is 23.0 Å². The molecule has 0 fully saturated rings. The molecule has 3 N–H and O–H groups in total. The summed E-state index contributed by atoms with van der Waals surface area (Å²) in [5.74, 6) is -0.311. The molecule has 126 valence electrons. The molecule has 4 rings (SSSR count). The fourth-order valence-electron chi connectivity index (χ4n) is 2.31. The van der Waals surface area contributed by atoms with E-state index in [1.165, 1.54) is 0 Å². The van der Waals surface area contributed by atoms with Crippen molar-refractivity contribution in [1.29, 1.82) is 0 Å². The van der Waals surface area contributed by atoms with E-state index in [1.54, 1.807) is 18.2 Å². The zero-order chi connectivity index (χ0) is 17.4. The van der Waals surface area contributed by atoms with Gasteiger partial charge in [-0.05, 0) is 17.7 Å². The van der Waals surface area contributed by atoms with Crippen LogP contribution >= 0.6 is 11.5 Å². The van der Waals surface area contributed by atoms with Gasteiger partial charge in [0.25, 0.3) is 17.4 Å². The summed E-state index contributed by atoms with van der Waals surface area (Å²) in [6, 6.07) is 5.19. The van der Waals surface area contributed by atoms with Gasteiger partial charge in [-0.15, -0.1) is 5.10 Å². The van der Waals surface area contributed by atoms with Crippen LogP contribution < -0.4 is 20.9 Å². The van der Waals surface area contributed by atoms with E-state index in [1.807, 2.05) is 0 Å². The van der Waals surface area contributed by atoms with Crippen LogP contribution in [0.5, 0.6) is 5.75 Å². The number of rotatable bonds is 3. The SMILES string of the molecule is O=C1COc2ccc(CNC(=O)c3nc4snnc4c(=O)[nH]3)cc2N1. The number of fused-ring (bicyclic) bond motifs is 2. The molecule has 0 saturated heterocycles. The molecule has 0 spiro atoms. The van der Waals surface area contributed by atoms with E-state index in [0.29, 0.717) is 16.3 Å². The van der Waals surface area contributed by atoms with E-state index in [-0.39, 0.29) is 30.4 Å². The highest BCUT2D eigenvalue weighted by atomic mass is 32.1. The maximum Gasteiger partial charge on any atom is 0.287 e. The molecule has 2 aromatic heterocycles. The summed E-state index contributed by atoms with van der Waals surface area (Å²) in [5.41, 5.74) is 0.886. The highest BCUT2D eigenvalue weighted by Crippen LogP contribution is 2.28. The number of aromatic amines is 1. The lowest BCUT2D eigenvalue weighted by atomic mass is 10.1. The summed E-state index contributed by atoms with van der Waals surface area (Å²) >= 11 is 0.937. The standard InChI is InChI=1S/C14H10N6O4S/c21-9-5-24-8-2-1-6(3-7(8)16-9)4-15-13(23)11-17-12(22)10-14(18-11)25-20-19-10/h1-3H,4-5H2,(H,15,23)(H,16,21)(H,17,18,22). The van der Waals surface area contributed by atoms with Crippen LogP contribution in [-0.2, 0) is 11.3 Å². The van der Waals surface area contributed by atoms with Crippen LogP contribution in [-0.4, -0.2) is 38.0 Å². The molecule has 10 nitrogen and oxygen atoms in total. The van der Waals surface area contributed by atoms with Crippen molar-refractivity contribution in [3.63, 3.8) is 0 Å². The largest absolute Gasteiger partial charge is 0.482 e. The number of nitrogens with one attached hydrogen (secondary N) is 3. The minimum absolute atomic E-state index is 0.0168. The summed E-state index contributed by atoms with van der Waals surface area (Å²) in [5, 5.41) is 8.99. The van der Waals surface area contributed by atoms with E-state index < -0.39 is 11.5 Å². The molecule has 3 heterocycles. The lowest BCUT2D eigenvalue weighted by Gasteiger charge is -2.18. The normalized spacial score (nSPS) is 13.0. The number of hydrogen-bond donors (Lipinski definition) is 3. The molecular weight excluding hydrogens is 348 g/mol. The first-order chi connectivity index (χ1) is 12.1. The summed E-state index contributed by atoms with van der Waals surface area (Å²) in [4.78, 5) is 42.1. The fraction of sp³-hybridized carbons (Fsp3) is 0.143. The van der Waals surface area contributed by atoms with Crippen molar-refractivity contribution in [2.24, 2.45) is 0 Å². The van der Waals surface area contributed by atoms with Crippen LogP contribution in [0.3, 0.4) is 0 Å². The van der Waals surface area contributed by atoms with Crippen LogP contribution in [0.2, 0.25) is 0 Å². The number of amides is 2. The molecule has 2 amide bonds. The molecule has 1 aliphatic heterocycles. The molecule has 1 aromatic carbocycles. The van der Waals surface area contributed by atoms with Gasteiger partial charge in [0.1, 0.15) is 5.75 Å². The monoisotopic (exact) mass is 358 g/mol. The lowest BCUT2D eigenvalue weighted by Crippen LogP contribution is -2.28. The molecular formula is C14H10N6O4S. The molecule has 25 heavy (non-hydrogen) atoms. The Morgan fingerprint density at radius 2 is 2.24 bits per heavy atom. The fourth-order valence-corrected chi connectivity index (χ4v) is 2.86. The Balaban J connectivity index is 1.50. The predicted octanol–water partition coefficient (Wildman–Crippen LogP) is 0.0355. The minimum Gasteiger partial charge on any atom is -0.482 e. The van der Waals surface area contributed by atoms with Crippen LogP contribution in [0.4, 0.5) is 5.69 Å². The van der Waals surface area contributed by atoms with Gasteiger partial charge >= 0.3 is 0 Å². The Labute approximate surface area is 143 Å². The number of aromatic nitrogens is 4. The second kappa shape index (κ2) is 5.94. The highest BCUT2D eigenvalue weighted by Gasteiger charge is 2.17. The van der Waals surface area contributed by atoms with E-state index in [0.717, 1.165) is 17.1 Å². The number of nitrogens with zero attached hydrogens (tertiary/aromatic N) is 3. The third-order valence-corrected chi connectivity index (χ3v) is 4.10. The lowest BCUT2D eigenvalue weighted by molar-refractivity contribution is -0.118. The zero-order valence-electron chi connectivity index (χ0n) is 12.5. The molecule has 1 aliphatic rings. The topological polar surface area (TPSA) is 139 Å². The van der Waals surface area contributed by atoms with Crippen molar-refractivity contribution in [1.82, 2.24) is 24.9 Å². The average Bonchev–Trinajstić information content (AvgIpc) is 3.08. The highest BCUT2D eigenvalue weighted by molar-refractivity contribution is 7.12. The Morgan fingerprint density at radius 1 is 1.36 bits per heavy atom. The number of H-pyrrole nitrogens is 1. The molecule has 11 heteroatoms. The van der Waals surface area contributed by atoms with Gasteiger partial charge in [0, 0.05) is 18.1 Å². The average molecular weight is 358 g/mol. The van der Waals surface area contributed by atoms with Gasteiger partial charge in [-0.2, -0.15) is 0 Å². The van der Waals surface area contributed by atoms with Crippen molar-refractivity contribution < 1.29 is 14.3 Å². The van der Waals surface area contributed by atoms with Crippen molar-refractivity contribution in [2.45, 2.75) is 6.54 Å². The first-order valence-corrected chi connectivity index (χ1v) is 7.93. The van der Waals surface area contributed by atoms with Gasteiger partial charge < -0.3 is 20.4 Å². The zero-order valence-corrected chi connectivity index (χ0v) is 13.3. The van der Waals surface area contributed by atoms with Crippen molar-refractivity contribution in [3.8, 4) is 5.75 Å². The van der Waals surface area contributed by atoms with Crippen molar-refractivity contribution in [3.05, 3.63) is 39.9 Å². The van der Waals surface area contributed by atoms with Crippen molar-refractivity contribution in [2.75, 3.05) is 11.9 Å². The number of carbonyl (C=O) groups excluding carboxylic acids is 2. The van der Waals surface area contributed by atoms with E-state index >= 15 is 0 Å². The Hall–Kier alpha value is -3.34. The van der Waals surface area contributed by atoms with E-state index in [2.05, 4.69) is 30.2 Å². The third kappa shape index (κ3) is 2.92. The summed E-state index contributed by atoms with van der Waals surface area (Å²) in [6.07, 6.45) is 0. The first kappa shape index (κ1) is 15.2. The van der Waals surface area contributed by atoms with Gasteiger partial charge in [0.15, 0.2) is 17.0 Å². The Morgan fingerprint density at radius 3 is 3.12 bits per heavy atom. The minimum atomic E-state index is -0.537. The maximum absolute atomic E-state index is 12.2. The number of ether oxygens (including phenoxy) is 1. The summed E-state index contributed by atoms with van der Waals surface area (Å²) in [7, 11) is 0. The van der Waals surface area contributed by atoms with Crippen LogP contribution in [0.1, 0.15) is 16.2 Å². The second-order valence-electron chi connectivity index (χ2n) is 5.19. The number of hydrogen-bond acceptors (Lipinski definition) is 8. The number of anilines is 1. The van der Waals surface area contributed by atoms with Gasteiger partial charge in [-0.25, -0.2) is 4.98 Å². The summed E-state index contributed by atoms with van der Waals surface area (Å²) < 4.78 is 8.91. The van der Waals surface area contributed by atoms with Gasteiger partial charge in [-0.3, -0.25) is 14.4 Å². The summed E-state index contributed by atoms with van der Waals surface area (Å²) in [6.45, 7) is 0.168. The smallest absolute Gasteiger partial charge is 0.287 e. The van der Waals surface area contributed by atoms with E-state index in [4.69, 9.17) is 4.74 Å². The molecule has 3 aromatic rings. The molecule has 0 unspecified atom stereocenters. The molecule has 0 atom stereocenters. The van der Waals surface area contributed by atoms with Gasteiger partial charge in [0.05, 0.1) is 5.69 Å². The van der Waals surface area contributed by atoms with Gasteiger partial charge in [0.2, 0.25) is 5.82 Å². The first-order valence-electron chi connectivity index (χ1n) is 7.16. The Kier molecular flexibility index (Phi) is 3.61. The van der Waals surface area contributed by atoms with Crippen LogP contribution in [0, 0.1) is 0 Å². The number of benzene rings is 1.